The molecule has 0 fully saturated rings. The van der Waals surface area contributed by atoms with Gasteiger partial charge in [0, 0.05) is 15.7 Å². The topological polar surface area (TPSA) is 9.23 Å². The first-order valence-electron chi connectivity index (χ1n) is 41.2. The van der Waals surface area contributed by atoms with Crippen molar-refractivity contribution in [1.29, 1.82) is 0 Å². The van der Waals surface area contributed by atoms with Gasteiger partial charge in [0.25, 0.3) is 0 Å². The Morgan fingerprint density at radius 2 is 0.643 bits per heavy atom. The molecule has 3 aliphatic carbocycles. The summed E-state index contributed by atoms with van der Waals surface area (Å²) in [6.45, 7) is 15.4. The average molecular weight is 1510 g/mol. The molecule has 0 saturated heterocycles. The highest BCUT2D eigenvalue weighted by atomic mass is 32.2. The fourth-order valence-corrected chi connectivity index (χ4v) is 16.4. The molecule has 115 heavy (non-hydrogen) atoms. The van der Waals surface area contributed by atoms with Crippen molar-refractivity contribution in [1.82, 2.24) is 0 Å². The van der Waals surface area contributed by atoms with Crippen molar-refractivity contribution in [3.63, 3.8) is 0 Å². The predicted octanol–water partition coefficient (Wildman–Crippen LogP) is 32.2. The monoisotopic (exact) mass is 1510 g/mol. The standard InChI is InChI=1S/2C20H16.C16H14.C15H14.C14H14O.C14H14S.C14H14/c1-2-14-11-12-19-17-9-4-3-7-15(17)16-8-5-6-10-18(16)20(19)13-14;1-2-14-7-8-17-12-19-10-15-5-3-4-6-16(15)11-20(19)13-18(17)9-14;1-2-12-7-5-9-16-14-8-4-3-6-13(14)10-11-15(12)16;1-2-11-9-10-13-6-3-5-12-7-4-8-14(11)15(12)13;2*1-2-12-8-10-14(11-9-12)15-13-6-4-3-5-7-13;1-2-12-8-10-14(11-9-12)13-6-4-3-5-7-13/h2*3-13H,2H2,1H3;3-11H,2H2,1H3;3-10,15H,2H2,1H3;2*3-11H,2H2,1H3;3-11H,2H2,1H3. The minimum Gasteiger partial charge on any atom is -0.457 e. The molecule has 0 aliphatic heterocycles. The normalized spacial score (nSPS) is 12.8. The van der Waals surface area contributed by atoms with Crippen LogP contribution in [-0.4, -0.2) is 0 Å². The Bertz CT molecular complexity index is 6220. The molecule has 17 aromatic rings. The lowest BCUT2D eigenvalue weighted by Crippen LogP contribution is -2.17. The molecule has 17 aromatic carbocycles. The van der Waals surface area contributed by atoms with Gasteiger partial charge >= 0.3 is 0 Å². The van der Waals surface area contributed by atoms with E-state index in [0.29, 0.717) is 5.92 Å². The molecule has 0 amide bonds. The molecular formula is C113H102OS. The Morgan fingerprint density at radius 3 is 1.23 bits per heavy atom. The van der Waals surface area contributed by atoms with Crippen molar-refractivity contribution in [3.8, 4) is 22.6 Å². The molecular weight excluding hydrogens is 1410 g/mol. The van der Waals surface area contributed by atoms with E-state index in [1.54, 1.807) is 11.8 Å². The zero-order chi connectivity index (χ0) is 79.1. The van der Waals surface area contributed by atoms with E-state index in [1.807, 2.05) is 54.6 Å². The fourth-order valence-electron chi connectivity index (χ4n) is 15.5. The average Bonchev–Trinajstić information content (AvgIpc) is 0.732. The van der Waals surface area contributed by atoms with E-state index in [9.17, 15) is 0 Å². The van der Waals surface area contributed by atoms with E-state index in [-0.39, 0.29) is 0 Å². The van der Waals surface area contributed by atoms with Crippen molar-refractivity contribution in [3.05, 3.63) is 456 Å². The van der Waals surface area contributed by atoms with Gasteiger partial charge in [-0.3, -0.25) is 0 Å². The summed E-state index contributed by atoms with van der Waals surface area (Å²) in [5.74, 6) is 2.28. The molecule has 0 spiro atoms. The number of para-hydroxylation sites is 1. The molecule has 20 rings (SSSR count). The third-order valence-electron chi connectivity index (χ3n) is 22.0. The van der Waals surface area contributed by atoms with Gasteiger partial charge in [0.1, 0.15) is 11.5 Å². The van der Waals surface area contributed by atoms with E-state index in [4.69, 9.17) is 4.74 Å². The van der Waals surface area contributed by atoms with Crippen LogP contribution >= 0.6 is 11.8 Å². The lowest BCUT2D eigenvalue weighted by Gasteiger charge is -2.31. The Morgan fingerprint density at radius 1 is 0.243 bits per heavy atom. The highest BCUT2D eigenvalue weighted by Gasteiger charge is 2.27. The first kappa shape index (κ1) is 79.1. The SMILES string of the molecule is CCC1=CC=C2C=CC=C3C=CC=C1C32.CCc1ccc(-c2ccccc2)cc1.CCc1ccc(Oc2ccccc2)cc1.CCc1ccc(Sc2ccccc2)cc1.CCc1ccc2c3ccccc3c3ccccc3c2c1.CCc1ccc2cc3cc4ccccc4cc3cc2c1.CCc1cccc2c1ccc1ccccc12. The molecule has 2 heteroatoms. The maximum absolute atomic E-state index is 5.68. The van der Waals surface area contributed by atoms with Crippen LogP contribution in [0.15, 0.2) is 433 Å². The van der Waals surface area contributed by atoms with Crippen molar-refractivity contribution < 1.29 is 4.74 Å². The Balaban J connectivity index is 0.000000111. The van der Waals surface area contributed by atoms with Crippen LogP contribution in [0.3, 0.4) is 0 Å². The molecule has 1 nitrogen and oxygen atoms in total. The van der Waals surface area contributed by atoms with Gasteiger partial charge in [0.15, 0.2) is 0 Å². The molecule has 0 bridgehead atoms. The second-order valence-electron chi connectivity index (χ2n) is 29.3. The van der Waals surface area contributed by atoms with E-state index < -0.39 is 0 Å². The largest absolute Gasteiger partial charge is 0.457 e. The first-order chi connectivity index (χ1) is 56.7. The molecule has 1 unspecified atom stereocenters. The van der Waals surface area contributed by atoms with Crippen molar-refractivity contribution in [2.45, 2.75) is 103 Å². The van der Waals surface area contributed by atoms with E-state index >= 15 is 0 Å². The van der Waals surface area contributed by atoms with Gasteiger partial charge in [-0.25, -0.2) is 0 Å². The summed E-state index contributed by atoms with van der Waals surface area (Å²) in [4.78, 5) is 2.60. The quantitative estimate of drug-likeness (QED) is 0.0891. The van der Waals surface area contributed by atoms with E-state index in [2.05, 4.69) is 394 Å². The van der Waals surface area contributed by atoms with Gasteiger partial charge in [-0.15, -0.1) is 0 Å². The van der Waals surface area contributed by atoms with Crippen molar-refractivity contribution >= 4 is 97.9 Å². The summed E-state index contributed by atoms with van der Waals surface area (Å²) in [6.07, 6.45) is 25.5. The second kappa shape index (κ2) is 39.2. The third-order valence-corrected chi connectivity index (χ3v) is 23.1. The summed E-state index contributed by atoms with van der Waals surface area (Å²) in [7, 11) is 0. The molecule has 3 aliphatic rings. The number of ether oxygens (including phenoxy) is 1. The molecule has 0 aromatic heterocycles. The van der Waals surface area contributed by atoms with E-state index in [1.165, 1.54) is 163 Å². The zero-order valence-corrected chi connectivity index (χ0v) is 68.3. The number of allylic oxidation sites excluding steroid dienone is 12. The summed E-state index contributed by atoms with van der Waals surface area (Å²) < 4.78 is 5.68. The Hall–Kier alpha value is -12.6. The highest BCUT2D eigenvalue weighted by Crippen LogP contribution is 2.43. The van der Waals surface area contributed by atoms with Gasteiger partial charge < -0.3 is 4.74 Å². The van der Waals surface area contributed by atoms with Crippen LogP contribution in [0.2, 0.25) is 0 Å². The lowest BCUT2D eigenvalue weighted by atomic mass is 9.73. The number of hydrogen-bond acceptors (Lipinski definition) is 2. The summed E-state index contributed by atoms with van der Waals surface area (Å²) in [5, 5.41) is 21.5. The molecule has 0 N–H and O–H groups in total. The Kier molecular flexibility index (Phi) is 27.0. The number of rotatable bonds is 12. The van der Waals surface area contributed by atoms with Gasteiger partial charge in [-0.1, -0.05) is 388 Å². The molecule has 0 saturated carbocycles. The van der Waals surface area contributed by atoms with Crippen LogP contribution in [-0.2, 0) is 38.5 Å². The van der Waals surface area contributed by atoms with Crippen molar-refractivity contribution in [2.24, 2.45) is 5.92 Å². The summed E-state index contributed by atoms with van der Waals surface area (Å²) >= 11 is 1.81. The van der Waals surface area contributed by atoms with Gasteiger partial charge in [-0.05, 0) is 271 Å². The second-order valence-corrected chi connectivity index (χ2v) is 30.5. The van der Waals surface area contributed by atoms with Crippen LogP contribution in [0, 0.1) is 5.92 Å². The molecule has 566 valence electrons. The van der Waals surface area contributed by atoms with E-state index in [0.717, 1.165) is 56.4 Å². The minimum atomic E-state index is 0.514. The number of aryl methyl sites for hydroxylation is 6. The number of fused-ring (bicyclic) bond motifs is 12. The van der Waals surface area contributed by atoms with Crippen LogP contribution in [0.4, 0.5) is 0 Å². The molecule has 0 radical (unpaired) electrons. The maximum Gasteiger partial charge on any atom is 0.127 e. The molecule has 1 atom stereocenters. The fraction of sp³-hybridized carbons (Fsp3) is 0.133. The third kappa shape index (κ3) is 19.7. The minimum absolute atomic E-state index is 0.514. The summed E-state index contributed by atoms with van der Waals surface area (Å²) in [6, 6.07) is 125. The Labute approximate surface area is 685 Å². The maximum atomic E-state index is 5.68. The van der Waals surface area contributed by atoms with Gasteiger partial charge in [-0.2, -0.15) is 0 Å². The van der Waals surface area contributed by atoms with Crippen LogP contribution in [0.1, 0.15) is 88.3 Å². The highest BCUT2D eigenvalue weighted by molar-refractivity contribution is 7.99. The van der Waals surface area contributed by atoms with Crippen LogP contribution in [0.25, 0.3) is 97.3 Å². The smallest absolute Gasteiger partial charge is 0.127 e. The van der Waals surface area contributed by atoms with Crippen LogP contribution in [0.5, 0.6) is 11.5 Å². The lowest BCUT2D eigenvalue weighted by molar-refractivity contribution is 0.482. The van der Waals surface area contributed by atoms with Gasteiger partial charge in [0.05, 0.1) is 0 Å². The number of hydrogen-bond donors (Lipinski definition) is 0. The zero-order valence-electron chi connectivity index (χ0n) is 67.4. The predicted molar refractivity (Wildman–Crippen MR) is 502 cm³/mol. The van der Waals surface area contributed by atoms with Crippen molar-refractivity contribution in [2.75, 3.05) is 0 Å². The summed E-state index contributed by atoms with van der Waals surface area (Å²) in [5.41, 5.74) is 16.8. The van der Waals surface area contributed by atoms with Crippen LogP contribution < -0.4 is 4.74 Å². The first-order valence-corrected chi connectivity index (χ1v) is 42.0. The molecule has 0 heterocycles. The number of benzene rings is 17. The van der Waals surface area contributed by atoms with Gasteiger partial charge in [0.2, 0.25) is 0 Å².